The molecule has 0 saturated carbocycles. The van der Waals surface area contributed by atoms with Crippen molar-refractivity contribution in [1.29, 1.82) is 0 Å². The third kappa shape index (κ3) is 5.81. The Hall–Kier alpha value is -4.32. The molecule has 54 heavy (non-hydrogen) atoms. The second-order valence-corrected chi connectivity index (χ2v) is 15.5. The van der Waals surface area contributed by atoms with E-state index in [4.69, 9.17) is 23.6 Å². The second kappa shape index (κ2) is 12.9. The van der Waals surface area contributed by atoms with Crippen LogP contribution in [0.2, 0.25) is 0 Å². The summed E-state index contributed by atoms with van der Waals surface area (Å²) in [5, 5.41) is 21.1. The number of aliphatic hydroxyl groups is 1. The zero-order valence-electron chi connectivity index (χ0n) is 30.4. The molecular formula is C37H42F4N8O5. The standard InChI is InChI=1S/C37H42F4N8O5/c1-21-13-24-23(16-42-49(24)25-7-4-5-11-52-25)26(28(21)37(39,40)41)29-31-30(46(3)45-29)27-32(47-10-12-51-19-35(2,50)18-47)43-34(44-33(27)54-31)53-20-36-8-6-9-48(36)17-22(14-36)15-38/h13,15-16,25,50H,4-12,14,17-20H2,1-3H3/b22-15-/t25?,35-,36-/m0/s1. The van der Waals surface area contributed by atoms with E-state index < -0.39 is 29.1 Å². The predicted octanol–water partition coefficient (Wildman–Crippen LogP) is 6.21. The molecule has 4 aromatic heterocycles. The van der Waals surface area contributed by atoms with Gasteiger partial charge in [0.15, 0.2) is 11.8 Å². The Morgan fingerprint density at radius 1 is 1.15 bits per heavy atom. The third-order valence-corrected chi connectivity index (χ3v) is 11.4. The summed E-state index contributed by atoms with van der Waals surface area (Å²) in [5.74, 6) is 0.360. The molecule has 4 aliphatic heterocycles. The second-order valence-electron chi connectivity index (χ2n) is 15.5. The lowest BCUT2D eigenvalue weighted by Crippen LogP contribution is -2.43. The van der Waals surface area contributed by atoms with Crippen LogP contribution in [0.15, 0.2) is 28.6 Å². The Morgan fingerprint density at radius 3 is 2.78 bits per heavy atom. The van der Waals surface area contributed by atoms with E-state index in [1.54, 1.807) is 18.7 Å². The highest BCUT2D eigenvalue weighted by atomic mass is 19.4. The summed E-state index contributed by atoms with van der Waals surface area (Å²) in [5.41, 5.74) is -0.882. The highest BCUT2D eigenvalue weighted by molar-refractivity contribution is 6.13. The molecule has 4 saturated heterocycles. The van der Waals surface area contributed by atoms with Crippen molar-refractivity contribution < 1.29 is 41.3 Å². The number of alkyl halides is 3. The highest BCUT2D eigenvalue weighted by Crippen LogP contribution is 2.48. The van der Waals surface area contributed by atoms with E-state index in [1.807, 2.05) is 4.90 Å². The lowest BCUT2D eigenvalue weighted by Gasteiger charge is -2.31. The van der Waals surface area contributed by atoms with Crippen molar-refractivity contribution in [2.45, 2.75) is 75.9 Å². The molecule has 8 heterocycles. The minimum Gasteiger partial charge on any atom is -0.461 e. The van der Waals surface area contributed by atoms with Gasteiger partial charge in [0, 0.05) is 37.7 Å². The molecule has 3 atom stereocenters. The lowest BCUT2D eigenvalue weighted by atomic mass is 9.94. The minimum atomic E-state index is -4.73. The minimum absolute atomic E-state index is 0.00235. The molecule has 13 nitrogen and oxygen atoms in total. The van der Waals surface area contributed by atoms with Gasteiger partial charge in [-0.25, -0.2) is 9.07 Å². The van der Waals surface area contributed by atoms with Gasteiger partial charge in [0.05, 0.1) is 48.9 Å². The number of anilines is 1. The first-order valence-corrected chi connectivity index (χ1v) is 18.4. The number of aromatic nitrogens is 6. The molecule has 0 bridgehead atoms. The topological polar surface area (TPSA) is 129 Å². The molecule has 5 aromatic rings. The van der Waals surface area contributed by atoms with Crippen LogP contribution >= 0.6 is 0 Å². The molecular weight excluding hydrogens is 712 g/mol. The van der Waals surface area contributed by atoms with Gasteiger partial charge in [0.1, 0.15) is 34.6 Å². The SMILES string of the molecule is Cc1cc2c(cnn2C2CCCCO2)c(-c2nn(C)c3c2oc2nc(OC[C@@]45CCCN4C/C(=C\F)C5)nc(N4CCOC[C@@](C)(O)C4)c23)c1C(F)(F)F. The van der Waals surface area contributed by atoms with Crippen LogP contribution in [-0.4, -0.2) is 103 Å². The fraction of sp³-hybridized carbons (Fsp3) is 0.568. The number of aryl methyl sites for hydroxylation is 2. The van der Waals surface area contributed by atoms with Crippen LogP contribution in [0.1, 0.15) is 62.8 Å². The first-order valence-electron chi connectivity index (χ1n) is 18.4. The van der Waals surface area contributed by atoms with Crippen LogP contribution in [-0.2, 0) is 22.7 Å². The maximum atomic E-state index is 15.1. The molecule has 288 valence electrons. The van der Waals surface area contributed by atoms with Crippen LogP contribution in [0.5, 0.6) is 6.01 Å². The zero-order chi connectivity index (χ0) is 37.6. The number of nitrogens with zero attached hydrogens (tertiary/aromatic N) is 8. The quantitative estimate of drug-likeness (QED) is 0.199. The van der Waals surface area contributed by atoms with Gasteiger partial charge in [-0.2, -0.15) is 33.3 Å². The van der Waals surface area contributed by atoms with Crippen molar-refractivity contribution in [2.24, 2.45) is 7.05 Å². The fourth-order valence-corrected chi connectivity index (χ4v) is 9.03. The van der Waals surface area contributed by atoms with Gasteiger partial charge < -0.3 is 28.6 Å². The van der Waals surface area contributed by atoms with E-state index in [9.17, 15) is 9.50 Å². The molecule has 4 aliphatic rings. The number of ether oxygens (including phenoxy) is 3. The van der Waals surface area contributed by atoms with Crippen LogP contribution in [0.3, 0.4) is 0 Å². The Kier molecular flexibility index (Phi) is 8.44. The molecule has 0 aliphatic carbocycles. The molecule has 0 radical (unpaired) electrons. The molecule has 1 aromatic carbocycles. The summed E-state index contributed by atoms with van der Waals surface area (Å²) in [6.07, 6.45) is 1.80. The number of benzene rings is 1. The summed E-state index contributed by atoms with van der Waals surface area (Å²) in [7, 11) is 1.64. The van der Waals surface area contributed by atoms with Crippen LogP contribution < -0.4 is 9.64 Å². The normalized spacial score (nSPS) is 26.5. The molecule has 1 unspecified atom stereocenters. The maximum Gasteiger partial charge on any atom is 0.417 e. The zero-order valence-corrected chi connectivity index (χ0v) is 30.4. The molecule has 1 N–H and O–H groups in total. The van der Waals surface area contributed by atoms with Gasteiger partial charge in [-0.15, -0.1) is 0 Å². The van der Waals surface area contributed by atoms with Crippen molar-refractivity contribution in [3.05, 3.63) is 35.3 Å². The fourth-order valence-electron chi connectivity index (χ4n) is 9.03. The smallest absolute Gasteiger partial charge is 0.417 e. The molecule has 9 rings (SSSR count). The molecule has 17 heteroatoms. The van der Waals surface area contributed by atoms with E-state index in [-0.39, 0.29) is 65.9 Å². The lowest BCUT2D eigenvalue weighted by molar-refractivity contribution is -0.137. The third-order valence-electron chi connectivity index (χ3n) is 11.4. The van der Waals surface area contributed by atoms with Crippen molar-refractivity contribution in [1.82, 2.24) is 34.4 Å². The van der Waals surface area contributed by atoms with Crippen LogP contribution in [0.4, 0.5) is 23.4 Å². The summed E-state index contributed by atoms with van der Waals surface area (Å²) in [6, 6.07) is 1.51. The Bertz CT molecular complexity index is 2290. The monoisotopic (exact) mass is 754 g/mol. The first-order chi connectivity index (χ1) is 25.9. The van der Waals surface area contributed by atoms with Gasteiger partial charge >= 0.3 is 12.2 Å². The number of rotatable bonds is 6. The van der Waals surface area contributed by atoms with Crippen LogP contribution in [0.25, 0.3) is 44.4 Å². The molecule has 0 amide bonds. The Labute approximate surface area is 307 Å². The van der Waals surface area contributed by atoms with Crippen LogP contribution in [0, 0.1) is 6.92 Å². The van der Waals surface area contributed by atoms with Gasteiger partial charge in [0.25, 0.3) is 0 Å². The van der Waals surface area contributed by atoms with E-state index in [0.29, 0.717) is 66.7 Å². The van der Waals surface area contributed by atoms with E-state index in [2.05, 4.69) is 20.1 Å². The van der Waals surface area contributed by atoms with Crippen molar-refractivity contribution >= 4 is 38.9 Å². The van der Waals surface area contributed by atoms with Gasteiger partial charge in [-0.1, -0.05) is 0 Å². The maximum absolute atomic E-state index is 15.1. The average Bonchev–Trinajstić information content (AvgIpc) is 3.92. The van der Waals surface area contributed by atoms with E-state index in [1.165, 1.54) is 23.9 Å². The van der Waals surface area contributed by atoms with Crippen molar-refractivity contribution in [2.75, 3.05) is 57.5 Å². The summed E-state index contributed by atoms with van der Waals surface area (Å²) in [4.78, 5) is 13.6. The Balaban J connectivity index is 1.23. The number of fused-ring (bicyclic) bond motifs is 5. The first kappa shape index (κ1) is 35.4. The number of halogens is 4. The summed E-state index contributed by atoms with van der Waals surface area (Å²) >= 11 is 0. The van der Waals surface area contributed by atoms with Gasteiger partial charge in [0.2, 0.25) is 5.71 Å². The largest absolute Gasteiger partial charge is 0.461 e. The predicted molar refractivity (Wildman–Crippen MR) is 190 cm³/mol. The number of hydrogen-bond donors (Lipinski definition) is 1. The van der Waals surface area contributed by atoms with Crippen molar-refractivity contribution in [3.63, 3.8) is 0 Å². The van der Waals surface area contributed by atoms with E-state index in [0.717, 1.165) is 32.2 Å². The summed E-state index contributed by atoms with van der Waals surface area (Å²) < 4.78 is 86.5. The number of furan rings is 1. The average molecular weight is 755 g/mol. The van der Waals surface area contributed by atoms with Gasteiger partial charge in [-0.05, 0) is 76.1 Å². The van der Waals surface area contributed by atoms with Crippen molar-refractivity contribution in [3.8, 4) is 17.3 Å². The Morgan fingerprint density at radius 2 is 2.00 bits per heavy atom. The van der Waals surface area contributed by atoms with E-state index >= 15 is 13.2 Å². The molecule has 0 spiro atoms. The summed E-state index contributed by atoms with van der Waals surface area (Å²) in [6.45, 7) is 6.08. The molecule has 4 fully saturated rings. The number of β-amino-alcohol motifs (C(OH)–C–C–N with tert-alkyl or cyclic N) is 1. The highest BCUT2D eigenvalue weighted by Gasteiger charge is 2.47. The van der Waals surface area contributed by atoms with Gasteiger partial charge in [-0.3, -0.25) is 9.58 Å². The number of hydrogen-bond acceptors (Lipinski definition) is 11.